The number of aliphatic hydroxyl groups is 1. The van der Waals surface area contributed by atoms with Crippen LogP contribution in [0.2, 0.25) is 0 Å². The number of aromatic amines is 1. The van der Waals surface area contributed by atoms with Crippen molar-refractivity contribution in [3.63, 3.8) is 0 Å². The van der Waals surface area contributed by atoms with Crippen molar-refractivity contribution in [2.45, 2.75) is 56.8 Å². The molecule has 3 aliphatic heterocycles. The Morgan fingerprint density at radius 2 is 2.10 bits per heavy atom. The van der Waals surface area contributed by atoms with E-state index < -0.39 is 11.8 Å². The molecular weight excluding hydrogens is 657 g/mol. The van der Waals surface area contributed by atoms with E-state index in [0.29, 0.717) is 57.1 Å². The number of fused-ring (bicyclic) bond motifs is 6. The average Bonchev–Trinajstić information content (AvgIpc) is 3.86. The zero-order valence-electron chi connectivity index (χ0n) is 26.7. The summed E-state index contributed by atoms with van der Waals surface area (Å²) in [5.41, 5.74) is 1.63. The lowest BCUT2D eigenvalue weighted by atomic mass is 9.93. The molecule has 3 aliphatic rings. The summed E-state index contributed by atoms with van der Waals surface area (Å²) in [5, 5.41) is 22.0. The number of hydrogen-bond donors (Lipinski definition) is 2. The largest absolute Gasteiger partial charge is 0.461 e. The molecule has 48 heavy (non-hydrogen) atoms. The first-order chi connectivity index (χ1) is 23.2. The number of halogens is 2. The predicted octanol–water partition coefficient (Wildman–Crippen LogP) is 6.24. The molecule has 10 nitrogen and oxygen atoms in total. The van der Waals surface area contributed by atoms with Crippen molar-refractivity contribution in [1.29, 1.82) is 0 Å². The molecule has 3 saturated heterocycles. The van der Waals surface area contributed by atoms with Crippen LogP contribution in [0.1, 0.15) is 38.7 Å². The summed E-state index contributed by atoms with van der Waals surface area (Å²) in [6.45, 7) is 6.81. The molecule has 0 aliphatic carbocycles. The molecule has 250 valence electrons. The molecule has 14 heteroatoms. The maximum absolute atomic E-state index is 15.3. The normalized spacial score (nSPS) is 25.2. The van der Waals surface area contributed by atoms with Gasteiger partial charge in [-0.05, 0) is 72.7 Å². The van der Waals surface area contributed by atoms with E-state index in [0.717, 1.165) is 71.9 Å². The third kappa shape index (κ3) is 4.78. The summed E-state index contributed by atoms with van der Waals surface area (Å²) in [6.07, 6.45) is 3.79. The van der Waals surface area contributed by atoms with Crippen LogP contribution in [-0.2, 0) is 11.2 Å². The molecule has 3 atom stereocenters. The number of aryl methyl sites for hydroxylation is 1. The molecule has 2 aromatic carbocycles. The molecule has 9 rings (SSSR count). The number of β-amino-alcohol motifs (C(OH)–C–C–N with tert-alkyl or cyclic N) is 1. The zero-order chi connectivity index (χ0) is 32.8. The van der Waals surface area contributed by atoms with Crippen LogP contribution >= 0.6 is 22.9 Å². The minimum absolute atomic E-state index is 0.214. The minimum atomic E-state index is -1.09. The lowest BCUT2D eigenvalue weighted by molar-refractivity contribution is -0.0123. The highest BCUT2D eigenvalue weighted by Gasteiger charge is 2.49. The van der Waals surface area contributed by atoms with Crippen LogP contribution in [0, 0.1) is 5.82 Å². The SMILES string of the molecule is CCc1c(F)ccc2cc3[nH]ncc3c(-c3nsc4c3sc3nc(OC[C@@]56CCCN5C[C@H](F)C6)nc(N5CCOC[C@@](C)(O)C5)c34)c12. The highest BCUT2D eigenvalue weighted by molar-refractivity contribution is 7.31. The molecule has 0 spiro atoms. The van der Waals surface area contributed by atoms with Crippen molar-refractivity contribution in [2.75, 3.05) is 50.9 Å². The standard InChI is InChI=1S/C34H35F2N7O3S2/c1-3-20-22(36)6-5-18-11-23-21(13-37-40-23)25(24(18)20)27-29-28(48-41-27)26-30(42-9-10-45-16-33(2,44)15-42)38-32(39-31(26)47-29)46-17-34-7-4-8-43(34)14-19(35)12-34/h5-6,11,13,19,44H,3-4,7-10,12,14-17H2,1-2H3,(H,37,40)/t19-,33+,34+/m1/s1. The van der Waals surface area contributed by atoms with Gasteiger partial charge in [0.25, 0.3) is 0 Å². The number of ether oxygens (including phenoxy) is 2. The predicted molar refractivity (Wildman–Crippen MR) is 185 cm³/mol. The van der Waals surface area contributed by atoms with Crippen molar-refractivity contribution >= 4 is 70.0 Å². The van der Waals surface area contributed by atoms with Crippen LogP contribution in [-0.4, -0.2) is 97.9 Å². The summed E-state index contributed by atoms with van der Waals surface area (Å²) in [7, 11) is 0. The van der Waals surface area contributed by atoms with Crippen LogP contribution in [0.5, 0.6) is 6.01 Å². The van der Waals surface area contributed by atoms with Crippen molar-refractivity contribution in [1.82, 2.24) is 29.4 Å². The first-order valence-electron chi connectivity index (χ1n) is 16.5. The van der Waals surface area contributed by atoms with E-state index in [1.54, 1.807) is 13.1 Å². The van der Waals surface area contributed by atoms with Gasteiger partial charge in [-0.2, -0.15) is 19.4 Å². The van der Waals surface area contributed by atoms with Crippen LogP contribution in [0.3, 0.4) is 0 Å². The molecule has 0 unspecified atom stereocenters. The molecule has 3 fully saturated rings. The molecular formula is C34H35F2N7O3S2. The number of nitrogens with zero attached hydrogens (tertiary/aromatic N) is 6. The summed E-state index contributed by atoms with van der Waals surface area (Å²) >= 11 is 2.87. The first kappa shape index (κ1) is 30.5. The summed E-state index contributed by atoms with van der Waals surface area (Å²) in [5.74, 6) is 0.397. The van der Waals surface area contributed by atoms with Gasteiger partial charge in [0, 0.05) is 30.5 Å². The fourth-order valence-electron chi connectivity index (χ4n) is 8.14. The lowest BCUT2D eigenvalue weighted by Gasteiger charge is -2.31. The molecule has 2 N–H and O–H groups in total. The van der Waals surface area contributed by atoms with Gasteiger partial charge in [-0.1, -0.05) is 13.0 Å². The van der Waals surface area contributed by atoms with E-state index in [1.165, 1.54) is 28.9 Å². The summed E-state index contributed by atoms with van der Waals surface area (Å²) < 4.78 is 48.8. The Kier molecular flexibility index (Phi) is 7.14. The topological polar surface area (TPSA) is 113 Å². The fraction of sp³-hybridized carbons (Fsp3) is 0.471. The number of thiophene rings is 1. The van der Waals surface area contributed by atoms with E-state index in [4.69, 9.17) is 23.8 Å². The third-order valence-electron chi connectivity index (χ3n) is 10.3. The van der Waals surface area contributed by atoms with Gasteiger partial charge >= 0.3 is 6.01 Å². The molecule has 0 bridgehead atoms. The molecule has 0 radical (unpaired) electrons. The fourth-order valence-corrected chi connectivity index (χ4v) is 10.4. The second-order valence-corrected chi connectivity index (χ2v) is 15.5. The smallest absolute Gasteiger partial charge is 0.319 e. The number of alkyl halides is 1. The van der Waals surface area contributed by atoms with Gasteiger partial charge in [0.15, 0.2) is 0 Å². The van der Waals surface area contributed by atoms with Gasteiger partial charge in [-0.3, -0.25) is 10.00 Å². The molecule has 7 heterocycles. The third-order valence-corrected chi connectivity index (χ3v) is 12.3. The number of anilines is 1. The Morgan fingerprint density at radius 3 is 2.98 bits per heavy atom. The maximum atomic E-state index is 15.3. The van der Waals surface area contributed by atoms with Gasteiger partial charge in [0.05, 0.1) is 51.8 Å². The molecule has 0 saturated carbocycles. The van der Waals surface area contributed by atoms with E-state index >= 15 is 4.39 Å². The number of H-pyrrole nitrogens is 1. The first-order valence-corrected chi connectivity index (χ1v) is 18.1. The number of benzene rings is 2. The van der Waals surface area contributed by atoms with Crippen molar-refractivity contribution in [2.24, 2.45) is 0 Å². The van der Waals surface area contributed by atoms with E-state index in [1.807, 2.05) is 24.0 Å². The summed E-state index contributed by atoms with van der Waals surface area (Å²) in [6, 6.07) is 5.57. The summed E-state index contributed by atoms with van der Waals surface area (Å²) in [4.78, 5) is 14.9. The second-order valence-electron chi connectivity index (χ2n) is 13.7. The monoisotopic (exact) mass is 691 g/mol. The Morgan fingerprint density at radius 1 is 1.21 bits per heavy atom. The number of aromatic nitrogens is 5. The Bertz CT molecular complexity index is 2220. The van der Waals surface area contributed by atoms with Gasteiger partial charge in [0.2, 0.25) is 0 Å². The number of rotatable bonds is 6. The lowest BCUT2D eigenvalue weighted by Crippen LogP contribution is -2.43. The van der Waals surface area contributed by atoms with E-state index in [2.05, 4.69) is 15.1 Å². The van der Waals surface area contributed by atoms with Gasteiger partial charge in [-0.15, -0.1) is 11.3 Å². The van der Waals surface area contributed by atoms with E-state index in [9.17, 15) is 9.50 Å². The van der Waals surface area contributed by atoms with Gasteiger partial charge < -0.3 is 19.5 Å². The van der Waals surface area contributed by atoms with Crippen molar-refractivity contribution in [3.05, 3.63) is 35.8 Å². The van der Waals surface area contributed by atoms with Crippen LogP contribution in [0.4, 0.5) is 14.6 Å². The quantitative estimate of drug-likeness (QED) is 0.210. The Hall–Kier alpha value is -3.56. The average molecular weight is 692 g/mol. The highest BCUT2D eigenvalue weighted by atomic mass is 32.1. The van der Waals surface area contributed by atoms with Crippen LogP contribution < -0.4 is 9.64 Å². The maximum Gasteiger partial charge on any atom is 0.319 e. The van der Waals surface area contributed by atoms with Crippen molar-refractivity contribution < 1.29 is 23.4 Å². The molecule has 6 aromatic rings. The minimum Gasteiger partial charge on any atom is -0.461 e. The highest BCUT2D eigenvalue weighted by Crippen LogP contribution is 2.49. The van der Waals surface area contributed by atoms with E-state index in [-0.39, 0.29) is 24.0 Å². The number of nitrogens with one attached hydrogen (secondary N) is 1. The second kappa shape index (κ2) is 11.2. The van der Waals surface area contributed by atoms with Gasteiger partial charge in [-0.25, -0.2) is 8.78 Å². The number of hydrogen-bond acceptors (Lipinski definition) is 11. The molecule has 4 aromatic heterocycles. The van der Waals surface area contributed by atoms with Crippen LogP contribution in [0.15, 0.2) is 24.4 Å². The van der Waals surface area contributed by atoms with Gasteiger partial charge in [0.1, 0.15) is 40.5 Å². The Labute approximate surface area is 282 Å². The van der Waals surface area contributed by atoms with Crippen LogP contribution in [0.25, 0.3) is 52.5 Å². The Balaban J connectivity index is 1.24. The van der Waals surface area contributed by atoms with Crippen molar-refractivity contribution in [3.8, 4) is 17.3 Å². The molecule has 0 amide bonds. The zero-order valence-corrected chi connectivity index (χ0v) is 28.3.